The lowest BCUT2D eigenvalue weighted by Gasteiger charge is -2.45. The molecule has 0 aromatic carbocycles. The highest BCUT2D eigenvalue weighted by Crippen LogP contribution is 2.36. The number of hydrogen-bond donors (Lipinski definition) is 0. The molecule has 0 amide bonds. The van der Waals surface area contributed by atoms with Crippen molar-refractivity contribution in [2.75, 3.05) is 24.6 Å². The predicted molar refractivity (Wildman–Crippen MR) is 81.7 cm³/mol. The third-order valence-corrected chi connectivity index (χ3v) is 4.80. The van der Waals surface area contributed by atoms with Crippen molar-refractivity contribution in [1.29, 1.82) is 0 Å². The molecule has 5 heteroatoms. The van der Waals surface area contributed by atoms with Gasteiger partial charge in [-0.25, -0.2) is 9.50 Å². The van der Waals surface area contributed by atoms with E-state index < -0.39 is 0 Å². The fourth-order valence-corrected chi connectivity index (χ4v) is 3.80. The van der Waals surface area contributed by atoms with E-state index in [2.05, 4.69) is 21.0 Å². The van der Waals surface area contributed by atoms with Crippen LogP contribution in [0.4, 0.5) is 5.82 Å². The van der Waals surface area contributed by atoms with Gasteiger partial charge in [-0.1, -0.05) is 19.3 Å². The molecule has 21 heavy (non-hydrogen) atoms. The molecule has 2 aromatic heterocycles. The van der Waals surface area contributed by atoms with E-state index in [9.17, 15) is 0 Å². The molecule has 4 rings (SSSR count). The molecule has 5 nitrogen and oxygen atoms in total. The van der Waals surface area contributed by atoms with E-state index >= 15 is 0 Å². The van der Waals surface area contributed by atoms with Crippen LogP contribution in [0.25, 0.3) is 5.52 Å². The average Bonchev–Trinajstić information content (AvgIpc) is 2.88. The quantitative estimate of drug-likeness (QED) is 0.808. The molecule has 0 N–H and O–H groups in total. The van der Waals surface area contributed by atoms with Crippen molar-refractivity contribution < 1.29 is 4.74 Å². The number of ether oxygens (including phenoxy) is 1. The van der Waals surface area contributed by atoms with Crippen LogP contribution in [-0.2, 0) is 4.74 Å². The molecule has 1 aliphatic heterocycles. The molecular weight excluding hydrogens is 264 g/mol. The summed E-state index contributed by atoms with van der Waals surface area (Å²) in [5.41, 5.74) is 2.19. The summed E-state index contributed by atoms with van der Waals surface area (Å²) in [4.78, 5) is 7.03. The van der Waals surface area contributed by atoms with Gasteiger partial charge in [0.2, 0.25) is 0 Å². The van der Waals surface area contributed by atoms with Crippen LogP contribution in [0.5, 0.6) is 0 Å². The summed E-state index contributed by atoms with van der Waals surface area (Å²) in [5.74, 6) is 1.05. The first-order valence-electron chi connectivity index (χ1n) is 7.96. The summed E-state index contributed by atoms with van der Waals surface area (Å²) in [6.07, 6.45) is 10.1. The van der Waals surface area contributed by atoms with E-state index in [1.54, 1.807) is 0 Å². The Morgan fingerprint density at radius 2 is 2.10 bits per heavy atom. The van der Waals surface area contributed by atoms with Gasteiger partial charge in [-0.2, -0.15) is 5.10 Å². The van der Waals surface area contributed by atoms with Crippen molar-refractivity contribution in [3.8, 4) is 0 Å². The molecule has 1 aliphatic carbocycles. The summed E-state index contributed by atoms with van der Waals surface area (Å²) in [6, 6.07) is 2.12. The van der Waals surface area contributed by atoms with Crippen LogP contribution >= 0.6 is 0 Å². The van der Waals surface area contributed by atoms with Gasteiger partial charge in [0.05, 0.1) is 17.9 Å². The molecule has 2 aromatic rings. The first-order chi connectivity index (χ1) is 10.3. The second kappa shape index (κ2) is 4.98. The lowest BCUT2D eigenvalue weighted by Crippen LogP contribution is -2.53. The Morgan fingerprint density at radius 1 is 1.24 bits per heavy atom. The lowest BCUT2D eigenvalue weighted by molar-refractivity contribution is -0.0783. The lowest BCUT2D eigenvalue weighted by atomic mass is 9.83. The van der Waals surface area contributed by atoms with Gasteiger partial charge in [0.15, 0.2) is 5.82 Å². The van der Waals surface area contributed by atoms with Gasteiger partial charge >= 0.3 is 0 Å². The number of hydrogen-bond acceptors (Lipinski definition) is 4. The summed E-state index contributed by atoms with van der Waals surface area (Å²) in [6.45, 7) is 4.71. The Hall–Kier alpha value is -1.62. The number of nitrogens with zero attached hydrogens (tertiary/aromatic N) is 4. The second-order valence-electron chi connectivity index (χ2n) is 6.38. The Bertz CT molecular complexity index is 639. The Kier molecular flexibility index (Phi) is 3.10. The summed E-state index contributed by atoms with van der Waals surface area (Å²) < 4.78 is 8.11. The van der Waals surface area contributed by atoms with Crippen LogP contribution in [-0.4, -0.2) is 39.9 Å². The largest absolute Gasteiger partial charge is 0.371 e. The van der Waals surface area contributed by atoms with E-state index in [-0.39, 0.29) is 5.60 Å². The first kappa shape index (κ1) is 13.1. The molecule has 1 spiro atoms. The van der Waals surface area contributed by atoms with Crippen LogP contribution in [0.3, 0.4) is 0 Å². The molecule has 0 unspecified atom stereocenters. The maximum atomic E-state index is 6.18. The van der Waals surface area contributed by atoms with E-state index in [0.717, 1.165) is 36.7 Å². The molecule has 0 radical (unpaired) electrons. The molecule has 2 aliphatic rings. The summed E-state index contributed by atoms with van der Waals surface area (Å²) in [5, 5.41) is 4.49. The van der Waals surface area contributed by atoms with Crippen molar-refractivity contribution in [2.45, 2.75) is 44.6 Å². The van der Waals surface area contributed by atoms with Gasteiger partial charge in [-0.05, 0) is 25.8 Å². The number of aromatic nitrogens is 3. The van der Waals surface area contributed by atoms with E-state index in [4.69, 9.17) is 4.74 Å². The highest BCUT2D eigenvalue weighted by molar-refractivity contribution is 5.69. The van der Waals surface area contributed by atoms with Crippen LogP contribution in [0.2, 0.25) is 0 Å². The average molecular weight is 286 g/mol. The van der Waals surface area contributed by atoms with Gasteiger partial charge in [0.1, 0.15) is 5.52 Å². The highest BCUT2D eigenvalue weighted by Gasteiger charge is 2.38. The monoisotopic (exact) mass is 286 g/mol. The zero-order valence-electron chi connectivity index (χ0n) is 12.6. The van der Waals surface area contributed by atoms with E-state index in [0.29, 0.717) is 0 Å². The van der Waals surface area contributed by atoms with Crippen molar-refractivity contribution in [3.05, 3.63) is 24.2 Å². The summed E-state index contributed by atoms with van der Waals surface area (Å²) >= 11 is 0. The Labute approximate surface area is 124 Å². The number of anilines is 1. The zero-order valence-corrected chi connectivity index (χ0v) is 12.6. The molecular formula is C16H22N4O. The first-order valence-corrected chi connectivity index (χ1v) is 7.96. The molecule has 112 valence electrons. The number of fused-ring (bicyclic) bond motifs is 1. The number of rotatable bonds is 1. The molecule has 3 heterocycles. The maximum absolute atomic E-state index is 6.18. The minimum Gasteiger partial charge on any atom is -0.371 e. The topological polar surface area (TPSA) is 42.7 Å². The van der Waals surface area contributed by atoms with Crippen LogP contribution in [0.1, 0.15) is 37.8 Å². The second-order valence-corrected chi connectivity index (χ2v) is 6.38. The smallest absolute Gasteiger partial charge is 0.154 e. The van der Waals surface area contributed by atoms with Gasteiger partial charge < -0.3 is 9.64 Å². The van der Waals surface area contributed by atoms with E-state index in [1.165, 1.54) is 32.1 Å². The molecule has 1 saturated carbocycles. The van der Waals surface area contributed by atoms with Gasteiger partial charge in [0, 0.05) is 25.5 Å². The molecule has 1 saturated heterocycles. The number of aryl methyl sites for hydroxylation is 1. The van der Waals surface area contributed by atoms with Crippen molar-refractivity contribution >= 4 is 11.3 Å². The molecule has 0 bridgehead atoms. The van der Waals surface area contributed by atoms with Gasteiger partial charge in [0.25, 0.3) is 0 Å². The zero-order chi connectivity index (χ0) is 14.3. The third-order valence-electron chi connectivity index (χ3n) is 4.80. The minimum atomic E-state index is 0.0556. The van der Waals surface area contributed by atoms with Crippen LogP contribution in [0, 0.1) is 6.92 Å². The van der Waals surface area contributed by atoms with E-state index in [1.807, 2.05) is 23.8 Å². The summed E-state index contributed by atoms with van der Waals surface area (Å²) in [7, 11) is 0. The molecule has 0 atom stereocenters. The maximum Gasteiger partial charge on any atom is 0.154 e. The SMILES string of the molecule is Cc1cc2c(N3CCOC4(CCCCC4)C3)nccn2n1. The van der Waals surface area contributed by atoms with Crippen molar-refractivity contribution in [3.63, 3.8) is 0 Å². The Morgan fingerprint density at radius 3 is 2.95 bits per heavy atom. The normalized spacial score (nSPS) is 22.0. The highest BCUT2D eigenvalue weighted by atomic mass is 16.5. The van der Waals surface area contributed by atoms with Gasteiger partial charge in [-0.3, -0.25) is 0 Å². The Balaban J connectivity index is 1.68. The van der Waals surface area contributed by atoms with Crippen molar-refractivity contribution in [2.24, 2.45) is 0 Å². The third kappa shape index (κ3) is 2.29. The fourth-order valence-electron chi connectivity index (χ4n) is 3.80. The van der Waals surface area contributed by atoms with Gasteiger partial charge in [-0.15, -0.1) is 0 Å². The number of morpholine rings is 1. The van der Waals surface area contributed by atoms with Crippen LogP contribution in [0.15, 0.2) is 18.5 Å². The van der Waals surface area contributed by atoms with Crippen molar-refractivity contribution in [1.82, 2.24) is 14.6 Å². The van der Waals surface area contributed by atoms with Crippen LogP contribution < -0.4 is 4.90 Å². The minimum absolute atomic E-state index is 0.0556. The fraction of sp³-hybridized carbons (Fsp3) is 0.625. The standard InChI is InChI=1S/C16H22N4O/c1-13-11-14-15(17-7-8-20(14)18-13)19-9-10-21-16(12-19)5-3-2-4-6-16/h7-8,11H,2-6,9-10,12H2,1H3. The molecule has 2 fully saturated rings. The predicted octanol–water partition coefficient (Wildman–Crippen LogP) is 2.58.